The molecule has 0 amide bonds. The van der Waals surface area contributed by atoms with Crippen molar-refractivity contribution in [3.8, 4) is 0 Å². The van der Waals surface area contributed by atoms with E-state index in [1.165, 1.54) is 12.2 Å². The highest BCUT2D eigenvalue weighted by atomic mass is 16.7. The first-order valence-corrected chi connectivity index (χ1v) is 6.20. The van der Waals surface area contributed by atoms with Crippen molar-refractivity contribution in [2.24, 2.45) is 0 Å². The summed E-state index contributed by atoms with van der Waals surface area (Å²) < 4.78 is 4.65. The third-order valence-electron chi connectivity index (χ3n) is 3.16. The molecule has 0 radical (unpaired) electrons. The van der Waals surface area contributed by atoms with Crippen LogP contribution in [0.2, 0.25) is 0 Å². The number of nitrogens with zero attached hydrogens (tertiary/aromatic N) is 1. The van der Waals surface area contributed by atoms with Crippen LogP contribution in [0.25, 0.3) is 0 Å². The summed E-state index contributed by atoms with van der Waals surface area (Å²) in [5.74, 6) is -1.05. The Morgan fingerprint density at radius 3 is 2.40 bits per heavy atom. The van der Waals surface area contributed by atoms with Crippen molar-refractivity contribution in [2.75, 3.05) is 20.2 Å². The fraction of sp³-hybridized carbons (Fsp3) is 0.357. The Labute approximate surface area is 116 Å². The van der Waals surface area contributed by atoms with Crippen molar-refractivity contribution in [3.63, 3.8) is 0 Å². The molecule has 6 heteroatoms. The predicted molar refractivity (Wildman–Crippen MR) is 69.1 cm³/mol. The Hall–Kier alpha value is -2.21. The number of rotatable bonds is 3. The first-order valence-electron chi connectivity index (χ1n) is 6.20. The molecule has 0 N–H and O–H groups in total. The van der Waals surface area contributed by atoms with E-state index < -0.39 is 11.9 Å². The van der Waals surface area contributed by atoms with Gasteiger partial charge in [0.1, 0.15) is 0 Å². The second-order valence-electron chi connectivity index (χ2n) is 4.50. The van der Waals surface area contributed by atoms with Crippen molar-refractivity contribution < 1.29 is 24.0 Å². The van der Waals surface area contributed by atoms with Gasteiger partial charge in [-0.3, -0.25) is 4.79 Å². The van der Waals surface area contributed by atoms with Crippen molar-refractivity contribution in [1.82, 2.24) is 5.06 Å². The Bertz CT molecular complexity index is 567. The van der Waals surface area contributed by atoms with E-state index in [2.05, 4.69) is 4.74 Å². The van der Waals surface area contributed by atoms with Gasteiger partial charge >= 0.3 is 11.9 Å². The number of esters is 1. The molecule has 1 saturated heterocycles. The molecular formula is C14H15NO5. The second-order valence-corrected chi connectivity index (χ2v) is 4.50. The third kappa shape index (κ3) is 2.85. The quantitative estimate of drug-likeness (QED) is 0.771. The Kier molecular flexibility index (Phi) is 4.14. The van der Waals surface area contributed by atoms with Crippen LogP contribution in [-0.2, 0) is 14.4 Å². The van der Waals surface area contributed by atoms with Gasteiger partial charge < -0.3 is 9.57 Å². The van der Waals surface area contributed by atoms with Crippen molar-refractivity contribution in [3.05, 3.63) is 34.9 Å². The molecule has 0 atom stereocenters. The Balaban J connectivity index is 2.18. The molecule has 0 saturated carbocycles. The lowest BCUT2D eigenvalue weighted by Gasteiger charge is -2.15. The van der Waals surface area contributed by atoms with Crippen LogP contribution in [0.1, 0.15) is 32.7 Å². The van der Waals surface area contributed by atoms with E-state index in [1.807, 2.05) is 0 Å². The van der Waals surface area contributed by atoms with E-state index in [0.29, 0.717) is 24.1 Å². The zero-order valence-electron chi connectivity index (χ0n) is 11.3. The maximum atomic E-state index is 12.1. The zero-order chi connectivity index (χ0) is 14.7. The van der Waals surface area contributed by atoms with Crippen LogP contribution >= 0.6 is 0 Å². The van der Waals surface area contributed by atoms with Gasteiger partial charge in [0.15, 0.2) is 5.78 Å². The molecule has 0 aromatic heterocycles. The van der Waals surface area contributed by atoms with Gasteiger partial charge in [0, 0.05) is 13.0 Å². The molecule has 0 aliphatic carbocycles. The molecule has 0 unspecified atom stereocenters. The molecule has 1 aliphatic rings. The summed E-state index contributed by atoms with van der Waals surface area (Å²) in [6.07, 6.45) is 0.383. The minimum Gasteiger partial charge on any atom is -0.465 e. The SMILES string of the molecule is COC(=O)c1cccc(C(=O)ON2CCC(=O)C2)c1C. The standard InChI is InChI=1S/C14H15NO5/c1-9-11(13(17)19-2)4-3-5-12(9)14(18)20-15-7-6-10(16)8-15/h3-5H,6-8H2,1-2H3. The molecule has 1 fully saturated rings. The van der Waals surface area contributed by atoms with Gasteiger partial charge in [0.2, 0.25) is 0 Å². The van der Waals surface area contributed by atoms with E-state index in [1.54, 1.807) is 25.1 Å². The highest BCUT2D eigenvalue weighted by Gasteiger charge is 2.25. The molecule has 1 aromatic rings. The van der Waals surface area contributed by atoms with E-state index in [-0.39, 0.29) is 17.9 Å². The number of hydroxylamine groups is 2. The van der Waals surface area contributed by atoms with E-state index in [4.69, 9.17) is 4.84 Å². The van der Waals surface area contributed by atoms with Gasteiger partial charge in [-0.25, -0.2) is 9.59 Å². The summed E-state index contributed by atoms with van der Waals surface area (Å²) in [6.45, 7) is 2.17. The Morgan fingerprint density at radius 1 is 1.20 bits per heavy atom. The van der Waals surface area contributed by atoms with E-state index in [9.17, 15) is 14.4 Å². The van der Waals surface area contributed by atoms with Gasteiger partial charge in [-0.1, -0.05) is 6.07 Å². The van der Waals surface area contributed by atoms with Crippen molar-refractivity contribution in [1.29, 1.82) is 0 Å². The first-order chi connectivity index (χ1) is 9.52. The number of carbonyl (C=O) groups is 3. The average molecular weight is 277 g/mol. The minimum atomic E-state index is -0.581. The number of carbonyl (C=O) groups excluding carboxylic acids is 3. The summed E-state index contributed by atoms with van der Waals surface area (Å²) in [6, 6.07) is 4.74. The molecule has 1 heterocycles. The maximum Gasteiger partial charge on any atom is 0.357 e. The van der Waals surface area contributed by atoms with Crippen molar-refractivity contribution >= 4 is 17.7 Å². The van der Waals surface area contributed by atoms with Crippen LogP contribution in [0.4, 0.5) is 0 Å². The molecule has 1 aromatic carbocycles. The fourth-order valence-electron chi connectivity index (χ4n) is 2.04. The van der Waals surface area contributed by atoms with Gasteiger partial charge in [-0.15, -0.1) is 5.06 Å². The number of Topliss-reactive ketones (excluding diaryl/α,β-unsaturated/α-hetero) is 1. The summed E-state index contributed by atoms with van der Waals surface area (Å²) in [4.78, 5) is 39.9. The number of benzene rings is 1. The number of hydrogen-bond donors (Lipinski definition) is 0. The lowest BCUT2D eigenvalue weighted by atomic mass is 10.0. The predicted octanol–water partition coefficient (Wildman–Crippen LogP) is 1.13. The van der Waals surface area contributed by atoms with Crippen LogP contribution in [0, 0.1) is 6.92 Å². The third-order valence-corrected chi connectivity index (χ3v) is 3.16. The molecule has 20 heavy (non-hydrogen) atoms. The number of hydrogen-bond acceptors (Lipinski definition) is 6. The van der Waals surface area contributed by atoms with E-state index in [0.717, 1.165) is 0 Å². The minimum absolute atomic E-state index is 0.0397. The Morgan fingerprint density at radius 2 is 1.85 bits per heavy atom. The normalized spacial score (nSPS) is 15.2. The summed E-state index contributed by atoms with van der Waals surface area (Å²) in [5.41, 5.74) is 1.10. The highest BCUT2D eigenvalue weighted by molar-refractivity contribution is 5.97. The largest absolute Gasteiger partial charge is 0.465 e. The summed E-state index contributed by atoms with van der Waals surface area (Å²) in [5, 5.41) is 1.33. The van der Waals surface area contributed by atoms with E-state index >= 15 is 0 Å². The molecule has 0 bridgehead atoms. The second kappa shape index (κ2) is 5.83. The first kappa shape index (κ1) is 14.2. The van der Waals surface area contributed by atoms with Crippen molar-refractivity contribution in [2.45, 2.75) is 13.3 Å². The number of ketones is 1. The average Bonchev–Trinajstić information content (AvgIpc) is 2.83. The molecule has 2 rings (SSSR count). The van der Waals surface area contributed by atoms with Crippen LogP contribution in [0.15, 0.2) is 18.2 Å². The lowest BCUT2D eigenvalue weighted by Crippen LogP contribution is -2.26. The highest BCUT2D eigenvalue weighted by Crippen LogP contribution is 2.17. The van der Waals surface area contributed by atoms with Crippen LogP contribution in [0.5, 0.6) is 0 Å². The smallest absolute Gasteiger partial charge is 0.357 e. The van der Waals surface area contributed by atoms with Crippen LogP contribution in [0.3, 0.4) is 0 Å². The molecule has 106 valence electrons. The molecular weight excluding hydrogens is 262 g/mol. The zero-order valence-corrected chi connectivity index (χ0v) is 11.3. The molecule has 6 nitrogen and oxygen atoms in total. The monoisotopic (exact) mass is 277 g/mol. The summed E-state index contributed by atoms with van der Waals surface area (Å²) in [7, 11) is 1.28. The lowest BCUT2D eigenvalue weighted by molar-refractivity contribution is -0.123. The van der Waals surface area contributed by atoms with Gasteiger partial charge in [-0.2, -0.15) is 0 Å². The van der Waals surface area contributed by atoms with Gasteiger partial charge in [-0.05, 0) is 24.6 Å². The number of ether oxygens (including phenoxy) is 1. The van der Waals surface area contributed by atoms with Gasteiger partial charge in [0.05, 0.1) is 24.8 Å². The molecule has 1 aliphatic heterocycles. The molecule has 0 spiro atoms. The maximum absolute atomic E-state index is 12.1. The van der Waals surface area contributed by atoms with Gasteiger partial charge in [0.25, 0.3) is 0 Å². The fourth-order valence-corrected chi connectivity index (χ4v) is 2.04. The topological polar surface area (TPSA) is 72.9 Å². The van der Waals surface area contributed by atoms with Crippen LogP contribution < -0.4 is 0 Å². The van der Waals surface area contributed by atoms with Crippen LogP contribution in [-0.4, -0.2) is 43.0 Å². The number of methoxy groups -OCH3 is 1. The summed E-state index contributed by atoms with van der Waals surface area (Å²) >= 11 is 0.